The molecule has 3 aromatic heterocycles. The second-order valence-electron chi connectivity index (χ2n) is 6.97. The summed E-state index contributed by atoms with van der Waals surface area (Å²) in [6.07, 6.45) is 4.97. The lowest BCUT2D eigenvalue weighted by Gasteiger charge is -2.30. The largest absolute Gasteiger partial charge is 0.339 e. The molecule has 0 atom stereocenters. The van der Waals surface area contributed by atoms with E-state index in [2.05, 4.69) is 9.97 Å². The number of rotatable bonds is 3. The number of fused-ring (bicyclic) bond motifs is 1. The van der Waals surface area contributed by atoms with Gasteiger partial charge in [-0.2, -0.15) is 0 Å². The minimum Gasteiger partial charge on any atom is -0.339 e. The summed E-state index contributed by atoms with van der Waals surface area (Å²) in [4.78, 5) is 47.3. The average Bonchev–Trinajstić information content (AvgIpc) is 3.39. The first-order chi connectivity index (χ1) is 13.5. The summed E-state index contributed by atoms with van der Waals surface area (Å²) in [5.41, 5.74) is -0.0471. The number of nitrogens with one attached hydrogen (secondary N) is 1. The zero-order valence-electron chi connectivity index (χ0n) is 15.7. The molecule has 0 saturated carbocycles. The fourth-order valence-corrected chi connectivity index (χ4v) is 4.17. The number of thiophene rings is 1. The molecule has 0 aliphatic carbocycles. The fraction of sp³-hybridized carbons (Fsp3) is 0.368. The Balaban J connectivity index is 1.49. The van der Waals surface area contributed by atoms with Crippen LogP contribution in [0.1, 0.15) is 29.5 Å². The number of aryl methyl sites for hydroxylation is 1. The summed E-state index contributed by atoms with van der Waals surface area (Å²) in [5, 5.41) is 1.98. The minimum atomic E-state index is -0.395. The molecule has 4 heterocycles. The number of nitrogens with zero attached hydrogens (tertiary/aromatic N) is 4. The molecule has 3 aromatic rings. The Morgan fingerprint density at radius 2 is 2.00 bits per heavy atom. The van der Waals surface area contributed by atoms with E-state index >= 15 is 0 Å². The first-order valence-electron chi connectivity index (χ1n) is 9.12. The van der Waals surface area contributed by atoms with Gasteiger partial charge in [-0.1, -0.05) is 6.07 Å². The lowest BCUT2D eigenvalue weighted by atomic mass is 9.96. The van der Waals surface area contributed by atoms with Gasteiger partial charge in [-0.3, -0.25) is 18.7 Å². The van der Waals surface area contributed by atoms with Crippen molar-refractivity contribution in [2.45, 2.75) is 18.8 Å². The third kappa shape index (κ3) is 3.22. The van der Waals surface area contributed by atoms with Crippen LogP contribution in [0.15, 0.2) is 33.2 Å². The molecule has 1 aliphatic rings. The smallest absolute Gasteiger partial charge is 0.332 e. The average molecular weight is 399 g/mol. The standard InChI is InChI=1S/C19H21N5O3S/c1-22-17-15(18(26)23(2)19(22)27)20-16(21-17)12-7-9-24(10-8-12)14(25)6-5-13-4-3-11-28-13/h3-6,11-12H,7-10H2,1-2H3,(H,20,21)/b6-5+. The van der Waals surface area contributed by atoms with Crippen molar-refractivity contribution < 1.29 is 4.79 Å². The van der Waals surface area contributed by atoms with Crippen molar-refractivity contribution in [3.8, 4) is 0 Å². The van der Waals surface area contributed by atoms with Crippen LogP contribution in [0.4, 0.5) is 0 Å². The molecule has 28 heavy (non-hydrogen) atoms. The van der Waals surface area contributed by atoms with Gasteiger partial charge in [0, 0.05) is 44.1 Å². The maximum atomic E-state index is 12.4. The van der Waals surface area contributed by atoms with E-state index in [0.717, 1.165) is 22.3 Å². The molecule has 0 aromatic carbocycles. The van der Waals surface area contributed by atoms with Gasteiger partial charge in [0.15, 0.2) is 5.65 Å². The van der Waals surface area contributed by atoms with E-state index in [-0.39, 0.29) is 17.4 Å². The number of likely N-dealkylation sites (tertiary alicyclic amines) is 1. The fourth-order valence-electron chi connectivity index (χ4n) is 3.56. The second kappa shape index (κ2) is 7.23. The first-order valence-corrected chi connectivity index (χ1v) is 10.00. The molecule has 9 heteroatoms. The Bertz CT molecular complexity index is 1160. The van der Waals surface area contributed by atoms with Gasteiger partial charge in [0.1, 0.15) is 11.3 Å². The Labute approximate surface area is 164 Å². The topological polar surface area (TPSA) is 93.0 Å². The number of hydrogen-bond donors (Lipinski definition) is 1. The highest BCUT2D eigenvalue weighted by Gasteiger charge is 2.26. The Hall–Kier alpha value is -2.94. The highest BCUT2D eigenvalue weighted by molar-refractivity contribution is 7.10. The van der Waals surface area contributed by atoms with Crippen LogP contribution in [0.5, 0.6) is 0 Å². The Morgan fingerprint density at radius 1 is 1.25 bits per heavy atom. The van der Waals surface area contributed by atoms with Crippen LogP contribution in [-0.2, 0) is 18.9 Å². The van der Waals surface area contributed by atoms with E-state index < -0.39 is 5.69 Å². The van der Waals surface area contributed by atoms with Gasteiger partial charge in [-0.15, -0.1) is 11.3 Å². The number of hydrogen-bond acceptors (Lipinski definition) is 5. The first kappa shape index (κ1) is 18.4. The molecular weight excluding hydrogens is 378 g/mol. The lowest BCUT2D eigenvalue weighted by Crippen LogP contribution is -2.37. The summed E-state index contributed by atoms with van der Waals surface area (Å²) in [5.74, 6) is 0.833. The number of carbonyl (C=O) groups is 1. The molecule has 0 radical (unpaired) electrons. The van der Waals surface area contributed by atoms with Crippen LogP contribution in [-0.4, -0.2) is 43.0 Å². The van der Waals surface area contributed by atoms with Crippen molar-refractivity contribution in [3.05, 3.63) is 55.1 Å². The quantitative estimate of drug-likeness (QED) is 0.675. The molecule has 0 spiro atoms. The van der Waals surface area contributed by atoms with Crippen LogP contribution in [0.25, 0.3) is 17.2 Å². The van der Waals surface area contributed by atoms with Crippen LogP contribution in [0, 0.1) is 0 Å². The molecule has 146 valence electrons. The van der Waals surface area contributed by atoms with E-state index in [0.29, 0.717) is 30.1 Å². The van der Waals surface area contributed by atoms with E-state index in [4.69, 9.17) is 0 Å². The summed E-state index contributed by atoms with van der Waals surface area (Å²) in [6.45, 7) is 1.26. The Kier molecular flexibility index (Phi) is 4.76. The van der Waals surface area contributed by atoms with Crippen LogP contribution in [0.2, 0.25) is 0 Å². The predicted molar refractivity (Wildman–Crippen MR) is 108 cm³/mol. The van der Waals surface area contributed by atoms with Gasteiger partial charge >= 0.3 is 5.69 Å². The molecule has 1 N–H and O–H groups in total. The van der Waals surface area contributed by atoms with Crippen LogP contribution >= 0.6 is 11.3 Å². The number of aromatic nitrogens is 4. The Morgan fingerprint density at radius 3 is 2.68 bits per heavy atom. The van der Waals surface area contributed by atoms with Crippen molar-refractivity contribution in [2.75, 3.05) is 13.1 Å². The van der Waals surface area contributed by atoms with E-state index in [1.165, 1.54) is 11.6 Å². The molecule has 0 unspecified atom stereocenters. The number of H-pyrrole nitrogens is 1. The molecule has 0 bridgehead atoms. The predicted octanol–water partition coefficient (Wildman–Crippen LogP) is 1.44. The zero-order valence-corrected chi connectivity index (χ0v) is 16.5. The van der Waals surface area contributed by atoms with Crippen molar-refractivity contribution >= 4 is 34.5 Å². The summed E-state index contributed by atoms with van der Waals surface area (Å²) >= 11 is 1.59. The highest BCUT2D eigenvalue weighted by Crippen LogP contribution is 2.27. The summed E-state index contributed by atoms with van der Waals surface area (Å²) < 4.78 is 2.45. The number of amides is 1. The zero-order chi connectivity index (χ0) is 19.8. The van der Waals surface area contributed by atoms with E-state index in [1.807, 2.05) is 28.5 Å². The highest BCUT2D eigenvalue weighted by atomic mass is 32.1. The molecule has 1 saturated heterocycles. The van der Waals surface area contributed by atoms with Crippen molar-refractivity contribution in [3.63, 3.8) is 0 Å². The molecule has 1 fully saturated rings. The van der Waals surface area contributed by atoms with Gasteiger partial charge in [0.2, 0.25) is 5.91 Å². The van der Waals surface area contributed by atoms with Crippen molar-refractivity contribution in [2.24, 2.45) is 14.1 Å². The molecular formula is C19H21N5O3S. The normalized spacial score (nSPS) is 15.7. The lowest BCUT2D eigenvalue weighted by molar-refractivity contribution is -0.127. The number of carbonyl (C=O) groups excluding carboxylic acids is 1. The molecule has 1 amide bonds. The third-order valence-corrected chi connectivity index (χ3v) is 6.08. The van der Waals surface area contributed by atoms with E-state index in [9.17, 15) is 14.4 Å². The molecule has 1 aliphatic heterocycles. The van der Waals surface area contributed by atoms with Gasteiger partial charge in [-0.25, -0.2) is 9.78 Å². The third-order valence-electron chi connectivity index (χ3n) is 5.24. The number of piperidine rings is 1. The monoisotopic (exact) mass is 399 g/mol. The van der Waals surface area contributed by atoms with E-state index in [1.54, 1.807) is 24.5 Å². The second-order valence-corrected chi connectivity index (χ2v) is 7.95. The van der Waals surface area contributed by atoms with Crippen LogP contribution < -0.4 is 11.2 Å². The van der Waals surface area contributed by atoms with Gasteiger partial charge < -0.3 is 9.88 Å². The maximum Gasteiger partial charge on any atom is 0.332 e. The SMILES string of the molecule is Cn1c(=O)c2[nH]c(C3CCN(C(=O)/C=C/c4cccs4)CC3)nc2n(C)c1=O. The van der Waals surface area contributed by atoms with Gasteiger partial charge in [-0.05, 0) is 30.4 Å². The molecule has 8 nitrogen and oxygen atoms in total. The summed E-state index contributed by atoms with van der Waals surface area (Å²) in [7, 11) is 3.06. The maximum absolute atomic E-state index is 12.4. The van der Waals surface area contributed by atoms with Gasteiger partial charge in [0.25, 0.3) is 5.56 Å². The minimum absolute atomic E-state index is 0.00715. The number of imidazole rings is 1. The number of aromatic amines is 1. The van der Waals surface area contributed by atoms with Crippen molar-refractivity contribution in [1.82, 2.24) is 24.0 Å². The molecule has 4 rings (SSSR count). The van der Waals surface area contributed by atoms with Crippen molar-refractivity contribution in [1.29, 1.82) is 0 Å². The van der Waals surface area contributed by atoms with Gasteiger partial charge in [0.05, 0.1) is 0 Å². The van der Waals surface area contributed by atoms with Crippen LogP contribution in [0.3, 0.4) is 0 Å². The summed E-state index contributed by atoms with van der Waals surface area (Å²) in [6, 6.07) is 3.93.